The summed E-state index contributed by atoms with van der Waals surface area (Å²) < 4.78 is 2.45. The summed E-state index contributed by atoms with van der Waals surface area (Å²) in [6.45, 7) is 7.65. The Hall–Kier alpha value is -1.28. The predicted octanol–water partition coefficient (Wildman–Crippen LogP) is 3.59. The molecule has 0 saturated carbocycles. The van der Waals surface area contributed by atoms with Crippen molar-refractivity contribution in [3.63, 3.8) is 0 Å². The Kier molecular flexibility index (Phi) is 3.25. The molecule has 0 fully saturated rings. The molecule has 2 aromatic rings. The van der Waals surface area contributed by atoms with E-state index in [9.17, 15) is 0 Å². The first kappa shape index (κ1) is 12.2. The normalized spacial score (nSPS) is 11.9. The maximum atomic E-state index is 2.45. The number of hydrogen-bond acceptors (Lipinski definition) is 1. The van der Waals surface area contributed by atoms with Crippen LogP contribution in [0, 0.1) is 6.92 Å². The number of hydrogen-bond donors (Lipinski definition) is 0. The van der Waals surface area contributed by atoms with Crippen molar-refractivity contribution in [3.05, 3.63) is 35.5 Å². The lowest BCUT2D eigenvalue weighted by Crippen LogP contribution is -2.15. The van der Waals surface area contributed by atoms with E-state index in [0.29, 0.717) is 6.04 Å². The number of benzene rings is 1. The zero-order valence-corrected chi connectivity index (χ0v) is 11.5. The topological polar surface area (TPSA) is 8.17 Å². The van der Waals surface area contributed by atoms with Gasteiger partial charge in [0, 0.05) is 23.8 Å². The molecule has 2 rings (SSSR count). The molecule has 0 atom stereocenters. The third-order valence-electron chi connectivity index (χ3n) is 3.07. The van der Waals surface area contributed by atoms with E-state index >= 15 is 0 Å². The summed E-state index contributed by atoms with van der Waals surface area (Å²) in [6.07, 6.45) is 0. The Balaban J connectivity index is 2.63. The highest BCUT2D eigenvalue weighted by molar-refractivity contribution is 5.82. The minimum atomic E-state index is 0.504. The fourth-order valence-corrected chi connectivity index (χ4v) is 2.44. The van der Waals surface area contributed by atoms with Gasteiger partial charge >= 0.3 is 0 Å². The molecule has 0 radical (unpaired) electrons. The molecular formula is C15H22N2. The van der Waals surface area contributed by atoms with Gasteiger partial charge in [0.15, 0.2) is 0 Å². The Morgan fingerprint density at radius 3 is 2.47 bits per heavy atom. The minimum absolute atomic E-state index is 0.504. The SMILES string of the molecule is Cc1ccc2cc(CN(C)C)n(C(C)C)c2c1. The summed E-state index contributed by atoms with van der Waals surface area (Å²) in [5, 5.41) is 1.35. The maximum Gasteiger partial charge on any atom is 0.0488 e. The Labute approximate surface area is 104 Å². The molecule has 17 heavy (non-hydrogen) atoms. The van der Waals surface area contributed by atoms with Gasteiger partial charge < -0.3 is 9.47 Å². The molecular weight excluding hydrogens is 208 g/mol. The molecule has 1 aromatic carbocycles. The monoisotopic (exact) mass is 230 g/mol. The van der Waals surface area contributed by atoms with E-state index in [0.717, 1.165) is 6.54 Å². The van der Waals surface area contributed by atoms with Gasteiger partial charge in [-0.3, -0.25) is 0 Å². The van der Waals surface area contributed by atoms with Gasteiger partial charge in [-0.25, -0.2) is 0 Å². The van der Waals surface area contributed by atoms with Crippen molar-refractivity contribution in [3.8, 4) is 0 Å². The average Bonchev–Trinajstić information content (AvgIpc) is 2.53. The highest BCUT2D eigenvalue weighted by Gasteiger charge is 2.11. The van der Waals surface area contributed by atoms with Crippen LogP contribution in [-0.2, 0) is 6.54 Å². The van der Waals surface area contributed by atoms with Crippen LogP contribution < -0.4 is 0 Å². The predicted molar refractivity (Wildman–Crippen MR) is 74.5 cm³/mol. The number of fused-ring (bicyclic) bond motifs is 1. The van der Waals surface area contributed by atoms with Crippen LogP contribution in [-0.4, -0.2) is 23.6 Å². The van der Waals surface area contributed by atoms with E-state index in [2.05, 4.69) is 68.6 Å². The summed E-state index contributed by atoms with van der Waals surface area (Å²) in [5.74, 6) is 0. The standard InChI is InChI=1S/C15H22N2/c1-11(2)17-14(10-16(4)5)9-13-7-6-12(3)8-15(13)17/h6-9,11H,10H2,1-5H3. The van der Waals surface area contributed by atoms with Gasteiger partial charge in [0.25, 0.3) is 0 Å². The van der Waals surface area contributed by atoms with E-state index in [1.807, 2.05) is 0 Å². The summed E-state index contributed by atoms with van der Waals surface area (Å²) in [5.41, 5.74) is 4.08. The molecule has 0 aliphatic heterocycles. The van der Waals surface area contributed by atoms with Crippen LogP contribution >= 0.6 is 0 Å². The van der Waals surface area contributed by atoms with Crippen LogP contribution in [0.25, 0.3) is 10.9 Å². The molecule has 0 bridgehead atoms. The quantitative estimate of drug-likeness (QED) is 0.782. The molecule has 1 heterocycles. The van der Waals surface area contributed by atoms with Crippen molar-refractivity contribution in [1.29, 1.82) is 0 Å². The molecule has 1 aromatic heterocycles. The lowest BCUT2D eigenvalue weighted by Gasteiger charge is -2.17. The van der Waals surface area contributed by atoms with Crippen LogP contribution in [0.3, 0.4) is 0 Å². The first-order chi connectivity index (χ1) is 7.99. The largest absolute Gasteiger partial charge is 0.341 e. The van der Waals surface area contributed by atoms with E-state index in [4.69, 9.17) is 0 Å². The van der Waals surface area contributed by atoms with Gasteiger partial charge in [0.1, 0.15) is 0 Å². The van der Waals surface area contributed by atoms with Crippen LogP contribution in [0.5, 0.6) is 0 Å². The average molecular weight is 230 g/mol. The van der Waals surface area contributed by atoms with Crippen molar-refractivity contribution in [1.82, 2.24) is 9.47 Å². The zero-order chi connectivity index (χ0) is 12.6. The molecule has 0 saturated heterocycles. The van der Waals surface area contributed by atoms with Gasteiger partial charge in [-0.05, 0) is 57.9 Å². The molecule has 92 valence electrons. The highest BCUT2D eigenvalue weighted by atomic mass is 15.1. The summed E-state index contributed by atoms with van der Waals surface area (Å²) in [4.78, 5) is 2.22. The minimum Gasteiger partial charge on any atom is -0.341 e. The lowest BCUT2D eigenvalue weighted by atomic mass is 10.2. The first-order valence-corrected chi connectivity index (χ1v) is 6.24. The number of aryl methyl sites for hydroxylation is 1. The fraction of sp³-hybridized carbons (Fsp3) is 0.467. The molecule has 0 aliphatic carbocycles. The molecule has 0 N–H and O–H groups in total. The van der Waals surface area contributed by atoms with E-state index in [1.54, 1.807) is 0 Å². The van der Waals surface area contributed by atoms with Gasteiger partial charge in [-0.2, -0.15) is 0 Å². The van der Waals surface area contributed by atoms with Gasteiger partial charge in [-0.1, -0.05) is 12.1 Å². The molecule has 0 spiro atoms. The number of rotatable bonds is 3. The van der Waals surface area contributed by atoms with Crippen molar-refractivity contribution in [2.24, 2.45) is 0 Å². The van der Waals surface area contributed by atoms with Crippen LogP contribution in [0.15, 0.2) is 24.3 Å². The summed E-state index contributed by atoms with van der Waals surface area (Å²) >= 11 is 0. The van der Waals surface area contributed by atoms with Crippen molar-refractivity contribution in [2.45, 2.75) is 33.4 Å². The Bertz CT molecular complexity index is 521. The van der Waals surface area contributed by atoms with E-state index < -0.39 is 0 Å². The second-order valence-corrected chi connectivity index (χ2v) is 5.40. The highest BCUT2D eigenvalue weighted by Crippen LogP contribution is 2.25. The Morgan fingerprint density at radius 2 is 1.88 bits per heavy atom. The third kappa shape index (κ3) is 2.37. The lowest BCUT2D eigenvalue weighted by molar-refractivity contribution is 0.383. The maximum absolute atomic E-state index is 2.45. The zero-order valence-electron chi connectivity index (χ0n) is 11.5. The second kappa shape index (κ2) is 4.53. The van der Waals surface area contributed by atoms with E-state index in [1.165, 1.54) is 22.2 Å². The summed E-state index contributed by atoms with van der Waals surface area (Å²) in [7, 11) is 4.24. The van der Waals surface area contributed by atoms with Crippen molar-refractivity contribution >= 4 is 10.9 Å². The van der Waals surface area contributed by atoms with Crippen LogP contribution in [0.4, 0.5) is 0 Å². The van der Waals surface area contributed by atoms with Gasteiger partial charge in [-0.15, -0.1) is 0 Å². The van der Waals surface area contributed by atoms with Gasteiger partial charge in [0.05, 0.1) is 0 Å². The number of aromatic nitrogens is 1. The fourth-order valence-electron chi connectivity index (χ4n) is 2.44. The van der Waals surface area contributed by atoms with Crippen molar-refractivity contribution in [2.75, 3.05) is 14.1 Å². The van der Waals surface area contributed by atoms with Crippen LogP contribution in [0.2, 0.25) is 0 Å². The van der Waals surface area contributed by atoms with Crippen molar-refractivity contribution < 1.29 is 0 Å². The molecule has 0 unspecified atom stereocenters. The summed E-state index contributed by atoms with van der Waals surface area (Å²) in [6, 6.07) is 9.52. The second-order valence-electron chi connectivity index (χ2n) is 5.40. The number of nitrogens with zero attached hydrogens (tertiary/aromatic N) is 2. The molecule has 2 nitrogen and oxygen atoms in total. The van der Waals surface area contributed by atoms with Crippen LogP contribution in [0.1, 0.15) is 31.1 Å². The molecule has 0 aliphatic rings. The first-order valence-electron chi connectivity index (χ1n) is 6.24. The molecule has 0 amide bonds. The molecule has 2 heteroatoms. The van der Waals surface area contributed by atoms with E-state index in [-0.39, 0.29) is 0 Å². The third-order valence-corrected chi connectivity index (χ3v) is 3.07. The Morgan fingerprint density at radius 1 is 1.18 bits per heavy atom. The van der Waals surface area contributed by atoms with Gasteiger partial charge in [0.2, 0.25) is 0 Å². The smallest absolute Gasteiger partial charge is 0.0488 e.